The van der Waals surface area contributed by atoms with Crippen molar-refractivity contribution in [3.05, 3.63) is 36.5 Å². The minimum atomic E-state index is 0.780. The van der Waals surface area contributed by atoms with Crippen LogP contribution in [-0.4, -0.2) is 5.71 Å². The third kappa shape index (κ3) is 1.29. The lowest BCUT2D eigenvalue weighted by molar-refractivity contribution is 1.25. The molecular formula is C7H8N2. The lowest BCUT2D eigenvalue weighted by Gasteiger charge is -1.97. The summed E-state index contributed by atoms with van der Waals surface area (Å²) in [4.78, 5) is 0. The van der Waals surface area contributed by atoms with Gasteiger partial charge >= 0.3 is 0 Å². The Labute approximate surface area is 54.1 Å². The van der Waals surface area contributed by atoms with Crippen LogP contribution in [0.2, 0.25) is 0 Å². The predicted molar refractivity (Wildman–Crippen MR) is 39.0 cm³/mol. The van der Waals surface area contributed by atoms with Gasteiger partial charge in [-0.1, -0.05) is 18.7 Å². The average molecular weight is 120 g/mol. The third-order valence-corrected chi connectivity index (χ3v) is 1.09. The Kier molecular flexibility index (Phi) is 1.49. The van der Waals surface area contributed by atoms with Crippen molar-refractivity contribution in [1.82, 2.24) is 0 Å². The van der Waals surface area contributed by atoms with E-state index in [4.69, 9.17) is 5.84 Å². The Morgan fingerprint density at radius 2 is 1.78 bits per heavy atom. The summed E-state index contributed by atoms with van der Waals surface area (Å²) in [6.45, 7) is 3.71. The summed E-state index contributed by atoms with van der Waals surface area (Å²) in [5.41, 5.74) is 1.75. The largest absolute Gasteiger partial charge is 0.323 e. The van der Waals surface area contributed by atoms with E-state index in [1.807, 2.05) is 24.3 Å². The van der Waals surface area contributed by atoms with Crippen LogP contribution >= 0.6 is 0 Å². The third-order valence-electron chi connectivity index (χ3n) is 1.09. The summed E-state index contributed by atoms with van der Waals surface area (Å²) in [5.74, 6) is 5.00. The summed E-state index contributed by atoms with van der Waals surface area (Å²) in [6.07, 6.45) is 7.38. The summed E-state index contributed by atoms with van der Waals surface area (Å²) >= 11 is 0. The molecule has 46 valence electrons. The first-order valence-corrected chi connectivity index (χ1v) is 2.66. The van der Waals surface area contributed by atoms with Crippen molar-refractivity contribution in [1.29, 1.82) is 0 Å². The molecule has 0 radical (unpaired) electrons. The summed E-state index contributed by atoms with van der Waals surface area (Å²) in [7, 11) is 0. The molecule has 1 rings (SSSR count). The van der Waals surface area contributed by atoms with Crippen molar-refractivity contribution >= 4 is 5.71 Å². The van der Waals surface area contributed by atoms with Crippen LogP contribution in [0, 0.1) is 0 Å². The molecule has 0 aliphatic heterocycles. The molecule has 1 aliphatic rings. The number of hydrogen-bond acceptors (Lipinski definition) is 2. The second-order valence-corrected chi connectivity index (χ2v) is 1.80. The molecule has 2 N–H and O–H groups in total. The molecule has 0 amide bonds. The molecule has 0 aromatic heterocycles. The highest BCUT2D eigenvalue weighted by molar-refractivity contribution is 6.05. The number of nitrogens with zero attached hydrogens (tertiary/aromatic N) is 1. The number of hydrazone groups is 1. The Hall–Kier alpha value is -1.31. The minimum Gasteiger partial charge on any atom is -0.323 e. The second kappa shape index (κ2) is 2.31. The summed E-state index contributed by atoms with van der Waals surface area (Å²) < 4.78 is 0. The van der Waals surface area contributed by atoms with Crippen molar-refractivity contribution in [3.8, 4) is 0 Å². The number of rotatable bonds is 0. The van der Waals surface area contributed by atoms with Crippen LogP contribution in [0.25, 0.3) is 0 Å². The monoisotopic (exact) mass is 120 g/mol. The molecule has 1 aliphatic carbocycles. The van der Waals surface area contributed by atoms with Gasteiger partial charge in [0.15, 0.2) is 0 Å². The zero-order chi connectivity index (χ0) is 6.69. The molecule has 0 saturated heterocycles. The van der Waals surface area contributed by atoms with Crippen LogP contribution in [-0.2, 0) is 0 Å². The SMILES string of the molecule is C=C1C=CC(=NN)C=C1. The molecule has 0 bridgehead atoms. The minimum absolute atomic E-state index is 0.780. The first kappa shape index (κ1) is 5.82. The number of nitrogens with two attached hydrogens (primary N) is 1. The highest BCUT2D eigenvalue weighted by Crippen LogP contribution is 2.02. The van der Waals surface area contributed by atoms with E-state index in [1.54, 1.807) is 0 Å². The van der Waals surface area contributed by atoms with Gasteiger partial charge < -0.3 is 5.84 Å². The number of hydrogen-bond donors (Lipinski definition) is 1. The average Bonchev–Trinajstić information content (AvgIpc) is 1.90. The van der Waals surface area contributed by atoms with Crippen LogP contribution in [0.1, 0.15) is 0 Å². The van der Waals surface area contributed by atoms with Gasteiger partial charge in [0.25, 0.3) is 0 Å². The molecule has 0 unspecified atom stereocenters. The first-order valence-electron chi connectivity index (χ1n) is 2.66. The standard InChI is InChI=1S/C7H8N2/c1-6-2-4-7(9-8)5-3-6/h2-5H,1,8H2. The van der Waals surface area contributed by atoms with Crippen LogP contribution < -0.4 is 5.84 Å². The van der Waals surface area contributed by atoms with Crippen molar-refractivity contribution in [2.75, 3.05) is 0 Å². The fourth-order valence-electron chi connectivity index (χ4n) is 0.582. The van der Waals surface area contributed by atoms with Gasteiger partial charge in [-0.3, -0.25) is 0 Å². The van der Waals surface area contributed by atoms with Crippen molar-refractivity contribution in [2.45, 2.75) is 0 Å². The maximum atomic E-state index is 5.00. The van der Waals surface area contributed by atoms with E-state index in [9.17, 15) is 0 Å². The molecule has 0 aromatic carbocycles. The smallest absolute Gasteiger partial charge is 0.0827 e. The normalized spacial score (nSPS) is 16.4. The lowest BCUT2D eigenvalue weighted by atomic mass is 10.1. The lowest BCUT2D eigenvalue weighted by Crippen LogP contribution is -1.96. The van der Waals surface area contributed by atoms with E-state index in [-0.39, 0.29) is 0 Å². The van der Waals surface area contributed by atoms with E-state index in [0.29, 0.717) is 0 Å². The number of allylic oxidation sites excluding steroid dienone is 5. The van der Waals surface area contributed by atoms with Gasteiger partial charge in [-0.15, -0.1) is 0 Å². The Balaban J connectivity index is 2.82. The predicted octanol–water partition coefficient (Wildman–Crippen LogP) is 0.983. The molecule has 0 heterocycles. The van der Waals surface area contributed by atoms with E-state index >= 15 is 0 Å². The molecular weight excluding hydrogens is 112 g/mol. The Morgan fingerprint density at radius 1 is 1.22 bits per heavy atom. The molecule has 9 heavy (non-hydrogen) atoms. The fourth-order valence-corrected chi connectivity index (χ4v) is 0.582. The van der Waals surface area contributed by atoms with Crippen LogP contribution in [0.3, 0.4) is 0 Å². The van der Waals surface area contributed by atoms with E-state index in [0.717, 1.165) is 11.3 Å². The zero-order valence-corrected chi connectivity index (χ0v) is 5.04. The zero-order valence-electron chi connectivity index (χ0n) is 5.04. The quantitative estimate of drug-likeness (QED) is 0.375. The van der Waals surface area contributed by atoms with Gasteiger partial charge in [0.05, 0.1) is 5.71 Å². The van der Waals surface area contributed by atoms with Crippen LogP contribution in [0.4, 0.5) is 0 Å². The maximum absolute atomic E-state index is 5.00. The second-order valence-electron chi connectivity index (χ2n) is 1.80. The van der Waals surface area contributed by atoms with Crippen LogP contribution in [0.5, 0.6) is 0 Å². The van der Waals surface area contributed by atoms with E-state index < -0.39 is 0 Å². The molecule has 2 heteroatoms. The van der Waals surface area contributed by atoms with Gasteiger partial charge in [-0.2, -0.15) is 5.10 Å². The topological polar surface area (TPSA) is 38.4 Å². The van der Waals surface area contributed by atoms with Crippen molar-refractivity contribution in [3.63, 3.8) is 0 Å². The highest BCUT2D eigenvalue weighted by Gasteiger charge is 1.92. The molecule has 0 spiro atoms. The molecule has 0 fully saturated rings. The van der Waals surface area contributed by atoms with E-state index in [1.165, 1.54) is 0 Å². The van der Waals surface area contributed by atoms with Gasteiger partial charge in [0, 0.05) is 0 Å². The van der Waals surface area contributed by atoms with E-state index in [2.05, 4.69) is 11.7 Å². The molecule has 2 nitrogen and oxygen atoms in total. The van der Waals surface area contributed by atoms with Crippen molar-refractivity contribution < 1.29 is 0 Å². The first-order chi connectivity index (χ1) is 4.33. The molecule has 0 saturated carbocycles. The Morgan fingerprint density at radius 3 is 2.22 bits per heavy atom. The fraction of sp³-hybridized carbons (Fsp3) is 0. The Bertz CT molecular complexity index is 191. The van der Waals surface area contributed by atoms with Crippen molar-refractivity contribution in [2.24, 2.45) is 10.9 Å². The summed E-state index contributed by atoms with van der Waals surface area (Å²) in [5, 5.41) is 3.48. The van der Waals surface area contributed by atoms with Gasteiger partial charge in [0.2, 0.25) is 0 Å². The van der Waals surface area contributed by atoms with Crippen LogP contribution in [0.15, 0.2) is 41.6 Å². The van der Waals surface area contributed by atoms with Gasteiger partial charge in [0.1, 0.15) is 0 Å². The molecule has 0 aromatic rings. The molecule has 0 atom stereocenters. The maximum Gasteiger partial charge on any atom is 0.0827 e. The van der Waals surface area contributed by atoms with Gasteiger partial charge in [-0.25, -0.2) is 0 Å². The summed E-state index contributed by atoms with van der Waals surface area (Å²) in [6, 6.07) is 0. The highest BCUT2D eigenvalue weighted by atomic mass is 15.1. The van der Waals surface area contributed by atoms with Gasteiger partial charge in [-0.05, 0) is 17.7 Å².